The number of furan rings is 1. The molecule has 2 heterocycles. The predicted octanol–water partition coefficient (Wildman–Crippen LogP) is 0.808. The van der Waals surface area contributed by atoms with E-state index in [2.05, 4.69) is 39.7 Å². The molecule has 1 atom stereocenters. The highest BCUT2D eigenvalue weighted by atomic mass is 16.5. The summed E-state index contributed by atoms with van der Waals surface area (Å²) in [4.78, 5) is 18.7. The van der Waals surface area contributed by atoms with Crippen LogP contribution in [0.2, 0.25) is 0 Å². The number of morpholine rings is 1. The number of nitrogens with one attached hydrogen (secondary N) is 3. The van der Waals surface area contributed by atoms with Crippen LogP contribution in [0.5, 0.6) is 0 Å². The minimum Gasteiger partial charge on any atom is -0.467 e. The van der Waals surface area contributed by atoms with Gasteiger partial charge in [0.05, 0.1) is 32.6 Å². The van der Waals surface area contributed by atoms with Crippen molar-refractivity contribution in [3.63, 3.8) is 0 Å². The van der Waals surface area contributed by atoms with Crippen molar-refractivity contribution in [1.82, 2.24) is 20.9 Å². The van der Waals surface area contributed by atoms with Crippen molar-refractivity contribution in [3.05, 3.63) is 24.2 Å². The first-order valence-electron chi connectivity index (χ1n) is 9.64. The van der Waals surface area contributed by atoms with E-state index in [0.29, 0.717) is 24.5 Å². The second-order valence-electron chi connectivity index (χ2n) is 7.09. The number of hydrogen-bond acceptors (Lipinski definition) is 5. The summed E-state index contributed by atoms with van der Waals surface area (Å²) >= 11 is 0. The first-order chi connectivity index (χ1) is 13.1. The Kier molecular flexibility index (Phi) is 9.13. The van der Waals surface area contributed by atoms with Crippen LogP contribution >= 0.6 is 0 Å². The number of carbonyl (C=O) groups excluding carboxylic acids is 1. The smallest absolute Gasteiger partial charge is 0.239 e. The van der Waals surface area contributed by atoms with E-state index in [-0.39, 0.29) is 12.5 Å². The number of rotatable bonds is 9. The van der Waals surface area contributed by atoms with Gasteiger partial charge in [-0.25, -0.2) is 0 Å². The molecule has 1 aliphatic rings. The maximum absolute atomic E-state index is 12.0. The SMILES string of the molecule is CN=C(NCC(=O)NCc1ccco1)NCC(CC(C)C)N1CCOCC1. The maximum atomic E-state index is 12.0. The average molecular weight is 380 g/mol. The molecule has 152 valence electrons. The third-order valence-electron chi connectivity index (χ3n) is 4.49. The summed E-state index contributed by atoms with van der Waals surface area (Å²) in [5.74, 6) is 1.86. The van der Waals surface area contributed by atoms with Crippen LogP contribution in [0, 0.1) is 5.92 Å². The fourth-order valence-electron chi connectivity index (χ4n) is 3.11. The molecule has 0 spiro atoms. The van der Waals surface area contributed by atoms with Crippen LogP contribution < -0.4 is 16.0 Å². The third kappa shape index (κ3) is 8.01. The highest BCUT2D eigenvalue weighted by molar-refractivity contribution is 5.86. The summed E-state index contributed by atoms with van der Waals surface area (Å²) in [6.45, 7) is 9.30. The zero-order valence-electron chi connectivity index (χ0n) is 16.7. The third-order valence-corrected chi connectivity index (χ3v) is 4.49. The molecule has 27 heavy (non-hydrogen) atoms. The lowest BCUT2D eigenvalue weighted by Gasteiger charge is -2.35. The van der Waals surface area contributed by atoms with E-state index < -0.39 is 0 Å². The fraction of sp³-hybridized carbons (Fsp3) is 0.684. The van der Waals surface area contributed by atoms with Gasteiger partial charge in [-0.3, -0.25) is 14.7 Å². The molecule has 8 heteroatoms. The first-order valence-corrected chi connectivity index (χ1v) is 9.64. The van der Waals surface area contributed by atoms with Gasteiger partial charge in [-0.05, 0) is 24.5 Å². The van der Waals surface area contributed by atoms with Crippen molar-refractivity contribution >= 4 is 11.9 Å². The maximum Gasteiger partial charge on any atom is 0.239 e. The molecule has 0 saturated carbocycles. The van der Waals surface area contributed by atoms with Gasteiger partial charge in [-0.15, -0.1) is 0 Å². The van der Waals surface area contributed by atoms with Gasteiger partial charge < -0.3 is 25.1 Å². The molecule has 1 fully saturated rings. The zero-order chi connectivity index (χ0) is 19.5. The van der Waals surface area contributed by atoms with Gasteiger partial charge >= 0.3 is 0 Å². The highest BCUT2D eigenvalue weighted by Crippen LogP contribution is 2.12. The van der Waals surface area contributed by atoms with Crippen molar-refractivity contribution < 1.29 is 13.9 Å². The van der Waals surface area contributed by atoms with E-state index in [1.807, 2.05) is 6.07 Å². The van der Waals surface area contributed by atoms with Gasteiger partial charge in [0.1, 0.15) is 5.76 Å². The molecule has 0 radical (unpaired) electrons. The van der Waals surface area contributed by atoms with Crippen molar-refractivity contribution in [1.29, 1.82) is 0 Å². The summed E-state index contributed by atoms with van der Waals surface area (Å²) in [5, 5.41) is 9.23. The molecule has 1 saturated heterocycles. The number of nitrogens with zero attached hydrogens (tertiary/aromatic N) is 2. The highest BCUT2D eigenvalue weighted by Gasteiger charge is 2.22. The van der Waals surface area contributed by atoms with Crippen LogP contribution in [0.15, 0.2) is 27.8 Å². The Hall–Kier alpha value is -2.06. The Morgan fingerprint density at radius 1 is 1.26 bits per heavy atom. The standard InChI is InChI=1S/C19H33N5O3/c1-15(2)11-16(24-6-9-26-10-7-24)12-22-19(20-3)23-14-18(25)21-13-17-5-4-8-27-17/h4-5,8,15-16H,6-7,9-14H2,1-3H3,(H,21,25)(H2,20,22,23). The van der Waals surface area contributed by atoms with E-state index in [9.17, 15) is 4.79 Å². The Morgan fingerprint density at radius 3 is 2.67 bits per heavy atom. The second kappa shape index (κ2) is 11.6. The molecule has 8 nitrogen and oxygen atoms in total. The van der Waals surface area contributed by atoms with Crippen LogP contribution in [0.3, 0.4) is 0 Å². The Bertz CT molecular complexity index is 568. The van der Waals surface area contributed by atoms with Gasteiger partial charge in [0.25, 0.3) is 0 Å². The van der Waals surface area contributed by atoms with E-state index in [1.165, 1.54) is 0 Å². The van der Waals surface area contributed by atoms with Gasteiger partial charge in [-0.1, -0.05) is 13.8 Å². The lowest BCUT2D eigenvalue weighted by atomic mass is 10.0. The number of guanidine groups is 1. The number of amides is 1. The fourth-order valence-corrected chi connectivity index (χ4v) is 3.11. The number of aliphatic imine (C=N–C) groups is 1. The monoisotopic (exact) mass is 379 g/mol. The van der Waals surface area contributed by atoms with Crippen molar-refractivity contribution in [3.8, 4) is 0 Å². The number of hydrogen-bond donors (Lipinski definition) is 3. The molecule has 2 rings (SSSR count). The van der Waals surface area contributed by atoms with Crippen LogP contribution in [-0.2, 0) is 16.1 Å². The molecule has 0 aliphatic carbocycles. The molecule has 3 N–H and O–H groups in total. The number of carbonyl (C=O) groups is 1. The Balaban J connectivity index is 1.74. The first kappa shape index (κ1) is 21.2. The van der Waals surface area contributed by atoms with Crippen molar-refractivity contribution in [2.24, 2.45) is 10.9 Å². The topological polar surface area (TPSA) is 91.1 Å². The lowest BCUT2D eigenvalue weighted by Crippen LogP contribution is -2.51. The zero-order valence-corrected chi connectivity index (χ0v) is 16.7. The molecular formula is C19H33N5O3. The minimum absolute atomic E-state index is 0.110. The summed E-state index contributed by atoms with van der Waals surface area (Å²) in [5.41, 5.74) is 0. The summed E-state index contributed by atoms with van der Waals surface area (Å²) < 4.78 is 10.7. The summed E-state index contributed by atoms with van der Waals surface area (Å²) in [7, 11) is 1.71. The van der Waals surface area contributed by atoms with Crippen LogP contribution in [0.1, 0.15) is 26.0 Å². The molecule has 1 amide bonds. The second-order valence-corrected chi connectivity index (χ2v) is 7.09. The number of ether oxygens (including phenoxy) is 1. The van der Waals surface area contributed by atoms with Crippen LogP contribution in [0.4, 0.5) is 0 Å². The normalized spacial score (nSPS) is 17.0. The minimum atomic E-state index is -0.110. The van der Waals surface area contributed by atoms with E-state index in [4.69, 9.17) is 9.15 Å². The Labute approximate surface area is 161 Å². The van der Waals surface area contributed by atoms with Crippen LogP contribution in [-0.4, -0.2) is 69.2 Å². The molecule has 1 aromatic rings. The van der Waals surface area contributed by atoms with Gasteiger partial charge in [-0.2, -0.15) is 0 Å². The molecule has 1 aliphatic heterocycles. The summed E-state index contributed by atoms with van der Waals surface area (Å²) in [6.07, 6.45) is 2.70. The molecule has 1 unspecified atom stereocenters. The summed E-state index contributed by atoms with van der Waals surface area (Å²) in [6, 6.07) is 4.04. The molecule has 1 aromatic heterocycles. The van der Waals surface area contributed by atoms with Crippen molar-refractivity contribution in [2.45, 2.75) is 32.9 Å². The van der Waals surface area contributed by atoms with Gasteiger partial charge in [0, 0.05) is 32.7 Å². The quantitative estimate of drug-likeness (QED) is 0.434. The van der Waals surface area contributed by atoms with E-state index in [0.717, 1.165) is 45.0 Å². The largest absolute Gasteiger partial charge is 0.467 e. The predicted molar refractivity (Wildman–Crippen MR) is 106 cm³/mol. The van der Waals surface area contributed by atoms with Crippen LogP contribution in [0.25, 0.3) is 0 Å². The average Bonchev–Trinajstić information content (AvgIpc) is 3.19. The van der Waals surface area contributed by atoms with E-state index in [1.54, 1.807) is 19.4 Å². The van der Waals surface area contributed by atoms with Gasteiger partial charge in [0.2, 0.25) is 5.91 Å². The molecular weight excluding hydrogens is 346 g/mol. The lowest BCUT2D eigenvalue weighted by molar-refractivity contribution is -0.120. The van der Waals surface area contributed by atoms with Gasteiger partial charge in [0.15, 0.2) is 5.96 Å². The van der Waals surface area contributed by atoms with Crippen molar-refractivity contribution in [2.75, 3.05) is 46.4 Å². The molecule has 0 aromatic carbocycles. The molecule has 0 bridgehead atoms. The Morgan fingerprint density at radius 2 is 2.04 bits per heavy atom. The van der Waals surface area contributed by atoms with E-state index >= 15 is 0 Å².